The van der Waals surface area contributed by atoms with Gasteiger partial charge in [0.1, 0.15) is 0 Å². The summed E-state index contributed by atoms with van der Waals surface area (Å²) in [7, 11) is 0. The second-order valence-electron chi connectivity index (χ2n) is 2.48. The molecule has 0 fully saturated rings. The summed E-state index contributed by atoms with van der Waals surface area (Å²) in [6, 6.07) is 3.75. The van der Waals surface area contributed by atoms with E-state index in [1.165, 1.54) is 0 Å². The lowest BCUT2D eigenvalue weighted by Gasteiger charge is -2.09. The number of hydrogen-bond donors (Lipinski definition) is 1. The molecule has 3 nitrogen and oxygen atoms in total. The molecule has 66 valence electrons. The molecule has 0 bridgehead atoms. The highest BCUT2D eigenvalue weighted by Gasteiger charge is 2.03. The molecule has 1 atom stereocenters. The zero-order chi connectivity index (χ0) is 8.81. The van der Waals surface area contributed by atoms with Crippen molar-refractivity contribution in [3.8, 4) is 0 Å². The molecule has 0 aromatic carbocycles. The Balaban J connectivity index is 2.41. The van der Waals surface area contributed by atoms with Gasteiger partial charge in [0.15, 0.2) is 6.29 Å². The predicted octanol–water partition coefficient (Wildman–Crippen LogP) is 0.979. The van der Waals surface area contributed by atoms with E-state index in [1.807, 2.05) is 19.1 Å². The Kier molecular flexibility index (Phi) is 3.70. The molecular weight excluding hydrogens is 154 g/mol. The lowest BCUT2D eigenvalue weighted by Crippen LogP contribution is -2.14. The van der Waals surface area contributed by atoms with E-state index in [-0.39, 0.29) is 0 Å². The summed E-state index contributed by atoms with van der Waals surface area (Å²) in [5.41, 5.74) is 0.985. The van der Waals surface area contributed by atoms with Crippen molar-refractivity contribution in [2.45, 2.75) is 19.6 Å². The first kappa shape index (κ1) is 9.16. The highest BCUT2D eigenvalue weighted by atomic mass is 16.6. The second kappa shape index (κ2) is 4.85. The predicted molar refractivity (Wildman–Crippen MR) is 45.6 cm³/mol. The minimum absolute atomic E-state index is 0.502. The lowest BCUT2D eigenvalue weighted by molar-refractivity contribution is -0.0928. The van der Waals surface area contributed by atoms with Gasteiger partial charge in [-0.15, -0.1) is 0 Å². The lowest BCUT2D eigenvalue weighted by atomic mass is 10.2. The maximum absolute atomic E-state index is 9.25. The molecule has 12 heavy (non-hydrogen) atoms. The summed E-state index contributed by atoms with van der Waals surface area (Å²) in [6.45, 7) is 2.38. The molecule has 0 radical (unpaired) electrons. The van der Waals surface area contributed by atoms with E-state index in [4.69, 9.17) is 4.74 Å². The number of ether oxygens (including phenoxy) is 1. The van der Waals surface area contributed by atoms with Gasteiger partial charge in [-0.25, -0.2) is 0 Å². The molecule has 0 amide bonds. The van der Waals surface area contributed by atoms with Gasteiger partial charge in [0.05, 0.1) is 0 Å². The minimum atomic E-state index is -0.709. The van der Waals surface area contributed by atoms with Crippen LogP contribution in [0.1, 0.15) is 12.5 Å². The number of pyridine rings is 1. The molecular formula is C9H13NO2. The van der Waals surface area contributed by atoms with Crippen LogP contribution < -0.4 is 0 Å². The van der Waals surface area contributed by atoms with Gasteiger partial charge in [-0.1, -0.05) is 6.07 Å². The van der Waals surface area contributed by atoms with E-state index in [2.05, 4.69) is 4.98 Å². The van der Waals surface area contributed by atoms with Gasteiger partial charge in [-0.3, -0.25) is 4.98 Å². The van der Waals surface area contributed by atoms with Gasteiger partial charge in [0, 0.05) is 25.4 Å². The Morgan fingerprint density at radius 3 is 3.08 bits per heavy atom. The molecule has 1 N–H and O–H groups in total. The highest BCUT2D eigenvalue weighted by Crippen LogP contribution is 2.01. The first-order valence-electron chi connectivity index (χ1n) is 4.01. The fraction of sp³-hybridized carbons (Fsp3) is 0.444. The standard InChI is InChI=1S/C9H13NO2/c1-2-12-9(11)6-8-4-3-5-10-7-8/h3-5,7,9,11H,2,6H2,1H3. The van der Waals surface area contributed by atoms with Crippen LogP contribution in [-0.2, 0) is 11.2 Å². The van der Waals surface area contributed by atoms with Gasteiger partial charge < -0.3 is 9.84 Å². The van der Waals surface area contributed by atoms with Crippen molar-refractivity contribution >= 4 is 0 Å². The molecule has 1 aromatic heterocycles. The molecule has 1 heterocycles. The molecule has 1 aromatic rings. The van der Waals surface area contributed by atoms with Crippen molar-refractivity contribution in [3.63, 3.8) is 0 Å². The van der Waals surface area contributed by atoms with Crippen molar-refractivity contribution in [1.82, 2.24) is 4.98 Å². The zero-order valence-corrected chi connectivity index (χ0v) is 7.10. The topological polar surface area (TPSA) is 42.4 Å². The minimum Gasteiger partial charge on any atom is -0.368 e. The van der Waals surface area contributed by atoms with Crippen LogP contribution in [0, 0.1) is 0 Å². The zero-order valence-electron chi connectivity index (χ0n) is 7.10. The van der Waals surface area contributed by atoms with Crippen LogP contribution in [0.25, 0.3) is 0 Å². The maximum atomic E-state index is 9.25. The number of nitrogens with zero attached hydrogens (tertiary/aromatic N) is 1. The Hall–Kier alpha value is -0.930. The quantitative estimate of drug-likeness (QED) is 0.680. The van der Waals surface area contributed by atoms with Crippen LogP contribution in [0.2, 0.25) is 0 Å². The maximum Gasteiger partial charge on any atom is 0.158 e. The molecule has 3 heteroatoms. The number of rotatable bonds is 4. The normalized spacial score (nSPS) is 12.8. The van der Waals surface area contributed by atoms with Crippen LogP contribution in [-0.4, -0.2) is 23.0 Å². The third-order valence-electron chi connectivity index (χ3n) is 1.49. The molecule has 0 aliphatic carbocycles. The summed E-state index contributed by atoms with van der Waals surface area (Å²) in [4.78, 5) is 3.93. The molecule has 0 aliphatic rings. The molecule has 0 spiro atoms. The second-order valence-corrected chi connectivity index (χ2v) is 2.48. The Morgan fingerprint density at radius 2 is 2.50 bits per heavy atom. The van der Waals surface area contributed by atoms with Gasteiger partial charge >= 0.3 is 0 Å². The summed E-state index contributed by atoms with van der Waals surface area (Å²) < 4.78 is 4.97. The summed E-state index contributed by atoms with van der Waals surface area (Å²) >= 11 is 0. The first-order chi connectivity index (χ1) is 5.83. The van der Waals surface area contributed by atoms with Crippen LogP contribution in [0.4, 0.5) is 0 Å². The smallest absolute Gasteiger partial charge is 0.158 e. The van der Waals surface area contributed by atoms with Crippen molar-refractivity contribution in [3.05, 3.63) is 30.1 Å². The van der Waals surface area contributed by atoms with Crippen molar-refractivity contribution in [2.24, 2.45) is 0 Å². The third kappa shape index (κ3) is 2.98. The van der Waals surface area contributed by atoms with E-state index in [1.54, 1.807) is 12.4 Å². The number of aliphatic hydroxyl groups excluding tert-OH is 1. The summed E-state index contributed by atoms with van der Waals surface area (Å²) in [5.74, 6) is 0. The van der Waals surface area contributed by atoms with Gasteiger partial charge in [0.25, 0.3) is 0 Å². The van der Waals surface area contributed by atoms with E-state index in [9.17, 15) is 5.11 Å². The van der Waals surface area contributed by atoms with Crippen molar-refractivity contribution < 1.29 is 9.84 Å². The molecule has 1 unspecified atom stereocenters. The third-order valence-corrected chi connectivity index (χ3v) is 1.49. The van der Waals surface area contributed by atoms with Crippen molar-refractivity contribution in [2.75, 3.05) is 6.61 Å². The van der Waals surface area contributed by atoms with Gasteiger partial charge in [-0.2, -0.15) is 0 Å². The Labute approximate surface area is 72.0 Å². The average Bonchev–Trinajstić information content (AvgIpc) is 2.06. The average molecular weight is 167 g/mol. The fourth-order valence-electron chi connectivity index (χ4n) is 0.972. The van der Waals surface area contributed by atoms with Crippen LogP contribution in [0.15, 0.2) is 24.5 Å². The monoisotopic (exact) mass is 167 g/mol. The molecule has 0 saturated heterocycles. The van der Waals surface area contributed by atoms with Crippen molar-refractivity contribution in [1.29, 1.82) is 0 Å². The molecule has 0 saturated carbocycles. The van der Waals surface area contributed by atoms with E-state index < -0.39 is 6.29 Å². The highest BCUT2D eigenvalue weighted by molar-refractivity contribution is 5.08. The van der Waals surface area contributed by atoms with E-state index >= 15 is 0 Å². The van der Waals surface area contributed by atoms with Crippen LogP contribution in [0.5, 0.6) is 0 Å². The Morgan fingerprint density at radius 1 is 1.67 bits per heavy atom. The van der Waals surface area contributed by atoms with Crippen LogP contribution >= 0.6 is 0 Å². The Bertz CT molecular complexity index is 213. The van der Waals surface area contributed by atoms with E-state index in [0.717, 1.165) is 5.56 Å². The SMILES string of the molecule is CCOC(O)Cc1cccnc1. The summed E-state index contributed by atoms with van der Waals surface area (Å²) in [5, 5.41) is 9.25. The molecule has 1 rings (SSSR count). The van der Waals surface area contributed by atoms with Gasteiger partial charge in [0.2, 0.25) is 0 Å². The van der Waals surface area contributed by atoms with Crippen LogP contribution in [0.3, 0.4) is 0 Å². The van der Waals surface area contributed by atoms with E-state index in [0.29, 0.717) is 13.0 Å². The number of aliphatic hydroxyl groups is 1. The summed E-state index contributed by atoms with van der Waals surface area (Å²) in [6.07, 6.45) is 3.22. The first-order valence-corrected chi connectivity index (χ1v) is 4.01. The fourth-order valence-corrected chi connectivity index (χ4v) is 0.972. The number of hydrogen-bond acceptors (Lipinski definition) is 3. The largest absolute Gasteiger partial charge is 0.368 e. The van der Waals surface area contributed by atoms with Gasteiger partial charge in [-0.05, 0) is 18.6 Å². The molecule has 0 aliphatic heterocycles. The number of aromatic nitrogens is 1.